The molecule has 0 radical (unpaired) electrons. The molecule has 0 aromatic carbocycles. The van der Waals surface area contributed by atoms with Crippen molar-refractivity contribution in [3.63, 3.8) is 0 Å². The summed E-state index contributed by atoms with van der Waals surface area (Å²) in [6.45, 7) is 3.83. The fourth-order valence-electron chi connectivity index (χ4n) is 2.73. The van der Waals surface area contributed by atoms with E-state index in [1.54, 1.807) is 6.08 Å². The summed E-state index contributed by atoms with van der Waals surface area (Å²) in [6, 6.07) is 4.37. The number of ether oxygens (including phenoxy) is 1. The lowest BCUT2D eigenvalue weighted by Gasteiger charge is -2.09. The average molecular weight is 357 g/mol. The number of esters is 1. The highest BCUT2D eigenvalue weighted by Crippen LogP contribution is 2.21. The maximum Gasteiger partial charge on any atom is 0.373 e. The summed E-state index contributed by atoms with van der Waals surface area (Å²) in [5.74, 6) is -0.751. The van der Waals surface area contributed by atoms with Crippen molar-refractivity contribution < 1.29 is 23.5 Å². The summed E-state index contributed by atoms with van der Waals surface area (Å²) < 4.78 is 11.9. The molecular formula is C18H19N3O5. The lowest BCUT2D eigenvalue weighted by molar-refractivity contribution is -0.123. The van der Waals surface area contributed by atoms with Gasteiger partial charge in [0.2, 0.25) is 5.76 Å². The summed E-state index contributed by atoms with van der Waals surface area (Å²) in [5.41, 5.74) is 3.10. The van der Waals surface area contributed by atoms with E-state index in [-0.39, 0.29) is 18.0 Å². The molecule has 0 spiro atoms. The Hall–Kier alpha value is -3.29. The van der Waals surface area contributed by atoms with Crippen LogP contribution in [0.15, 0.2) is 28.3 Å². The van der Waals surface area contributed by atoms with Gasteiger partial charge in [0, 0.05) is 18.4 Å². The predicted molar refractivity (Wildman–Crippen MR) is 92.0 cm³/mol. The normalized spacial score (nSPS) is 15.7. The van der Waals surface area contributed by atoms with E-state index in [1.807, 2.05) is 31.5 Å². The molecule has 0 saturated carbocycles. The molecule has 1 fully saturated rings. The second-order valence-electron chi connectivity index (χ2n) is 6.02. The number of nitrogens with zero attached hydrogens (tertiary/aromatic N) is 2. The monoisotopic (exact) mass is 357 g/mol. The van der Waals surface area contributed by atoms with Gasteiger partial charge >= 0.3 is 12.0 Å². The standard InChI is InChI=1S/C18H19N3O5/c1-10-7-12(11(2)20(10)3)8-14-16(22)21(18(24)19-14)9-13-5-6-15(26-13)17(23)25-4/h5-8H,9H2,1-4H3,(H,19,24)/b14-8-. The van der Waals surface area contributed by atoms with Gasteiger partial charge in [0.05, 0.1) is 13.7 Å². The van der Waals surface area contributed by atoms with E-state index in [1.165, 1.54) is 19.2 Å². The second-order valence-corrected chi connectivity index (χ2v) is 6.02. The smallest absolute Gasteiger partial charge is 0.373 e. The van der Waals surface area contributed by atoms with Gasteiger partial charge in [-0.2, -0.15) is 0 Å². The van der Waals surface area contributed by atoms with Crippen LogP contribution in [0.2, 0.25) is 0 Å². The Balaban J connectivity index is 1.80. The number of methoxy groups -OCH3 is 1. The first kappa shape index (κ1) is 17.5. The van der Waals surface area contributed by atoms with E-state index in [0.29, 0.717) is 5.76 Å². The molecule has 2 aromatic rings. The lowest BCUT2D eigenvalue weighted by atomic mass is 10.2. The Morgan fingerprint density at radius 2 is 2.04 bits per heavy atom. The quantitative estimate of drug-likeness (QED) is 0.514. The molecule has 2 aromatic heterocycles. The van der Waals surface area contributed by atoms with E-state index in [4.69, 9.17) is 4.42 Å². The summed E-state index contributed by atoms with van der Waals surface area (Å²) in [5, 5.41) is 2.58. The average Bonchev–Trinajstić information content (AvgIpc) is 3.25. The number of aryl methyl sites for hydroxylation is 1. The maximum atomic E-state index is 12.6. The minimum absolute atomic E-state index is 0.0145. The minimum atomic E-state index is -0.621. The molecule has 8 heteroatoms. The Morgan fingerprint density at radius 1 is 1.31 bits per heavy atom. The van der Waals surface area contributed by atoms with Gasteiger partial charge < -0.3 is 19.0 Å². The highest BCUT2D eigenvalue weighted by Gasteiger charge is 2.34. The summed E-state index contributed by atoms with van der Waals surface area (Å²) in [7, 11) is 3.18. The lowest BCUT2D eigenvalue weighted by Crippen LogP contribution is -2.30. The zero-order chi connectivity index (χ0) is 19.0. The van der Waals surface area contributed by atoms with Crippen LogP contribution in [-0.2, 0) is 23.1 Å². The predicted octanol–water partition coefficient (Wildman–Crippen LogP) is 2.11. The first-order valence-corrected chi connectivity index (χ1v) is 7.96. The number of furan rings is 1. The van der Waals surface area contributed by atoms with Crippen LogP contribution in [0.4, 0.5) is 4.79 Å². The number of nitrogens with one attached hydrogen (secondary N) is 1. The fraction of sp³-hybridized carbons (Fsp3) is 0.278. The van der Waals surface area contributed by atoms with Crippen molar-refractivity contribution in [2.24, 2.45) is 7.05 Å². The molecular weight excluding hydrogens is 338 g/mol. The largest absolute Gasteiger partial charge is 0.463 e. The molecule has 3 heterocycles. The number of imide groups is 1. The molecule has 1 N–H and O–H groups in total. The molecule has 8 nitrogen and oxygen atoms in total. The molecule has 3 rings (SSSR count). The fourth-order valence-corrected chi connectivity index (χ4v) is 2.73. The summed E-state index contributed by atoms with van der Waals surface area (Å²) in [6.07, 6.45) is 1.66. The zero-order valence-corrected chi connectivity index (χ0v) is 15.0. The number of amides is 3. The first-order valence-electron chi connectivity index (χ1n) is 7.96. The maximum absolute atomic E-state index is 12.6. The molecule has 1 aliphatic rings. The topological polar surface area (TPSA) is 93.8 Å². The molecule has 0 unspecified atom stereocenters. The van der Waals surface area contributed by atoms with E-state index in [2.05, 4.69) is 10.1 Å². The number of hydrogen-bond donors (Lipinski definition) is 1. The van der Waals surface area contributed by atoms with Crippen LogP contribution < -0.4 is 5.32 Å². The van der Waals surface area contributed by atoms with E-state index in [9.17, 15) is 14.4 Å². The molecule has 1 saturated heterocycles. The number of aromatic nitrogens is 1. The van der Waals surface area contributed by atoms with Gasteiger partial charge in [-0.3, -0.25) is 9.69 Å². The summed E-state index contributed by atoms with van der Waals surface area (Å²) >= 11 is 0. The van der Waals surface area contributed by atoms with Gasteiger partial charge in [0.25, 0.3) is 5.91 Å². The van der Waals surface area contributed by atoms with Crippen LogP contribution in [0.25, 0.3) is 6.08 Å². The van der Waals surface area contributed by atoms with Gasteiger partial charge in [0.15, 0.2) is 0 Å². The Kier molecular flexibility index (Phi) is 4.41. The van der Waals surface area contributed by atoms with Gasteiger partial charge in [-0.05, 0) is 43.7 Å². The van der Waals surface area contributed by atoms with Crippen LogP contribution in [-0.4, -0.2) is 34.5 Å². The van der Waals surface area contributed by atoms with Crippen molar-refractivity contribution in [1.29, 1.82) is 0 Å². The Bertz CT molecular complexity index is 935. The molecule has 3 amide bonds. The van der Waals surface area contributed by atoms with Crippen molar-refractivity contribution in [3.8, 4) is 0 Å². The van der Waals surface area contributed by atoms with Gasteiger partial charge in [0.1, 0.15) is 11.5 Å². The van der Waals surface area contributed by atoms with Gasteiger partial charge in [-0.1, -0.05) is 0 Å². The number of carbonyl (C=O) groups excluding carboxylic acids is 3. The Labute approximate surface area is 150 Å². The van der Waals surface area contributed by atoms with E-state index in [0.717, 1.165) is 21.9 Å². The number of hydrogen-bond acceptors (Lipinski definition) is 5. The highest BCUT2D eigenvalue weighted by molar-refractivity contribution is 6.13. The molecule has 0 bridgehead atoms. The molecule has 1 aliphatic heterocycles. The van der Waals surface area contributed by atoms with Gasteiger partial charge in [-0.25, -0.2) is 9.59 Å². The zero-order valence-electron chi connectivity index (χ0n) is 15.0. The van der Waals surface area contributed by atoms with E-state index >= 15 is 0 Å². The van der Waals surface area contributed by atoms with Crippen LogP contribution in [0.3, 0.4) is 0 Å². The first-order chi connectivity index (χ1) is 12.3. The molecule has 26 heavy (non-hydrogen) atoms. The van der Waals surface area contributed by atoms with Crippen LogP contribution in [0.5, 0.6) is 0 Å². The number of carbonyl (C=O) groups is 3. The molecule has 136 valence electrons. The van der Waals surface area contributed by atoms with Crippen molar-refractivity contribution >= 4 is 24.0 Å². The van der Waals surface area contributed by atoms with Crippen LogP contribution >= 0.6 is 0 Å². The highest BCUT2D eigenvalue weighted by atomic mass is 16.5. The van der Waals surface area contributed by atoms with E-state index < -0.39 is 17.9 Å². The van der Waals surface area contributed by atoms with Crippen LogP contribution in [0.1, 0.15) is 33.3 Å². The van der Waals surface area contributed by atoms with Crippen molar-refractivity contribution in [2.75, 3.05) is 7.11 Å². The van der Waals surface area contributed by atoms with Crippen molar-refractivity contribution in [1.82, 2.24) is 14.8 Å². The molecule has 0 atom stereocenters. The molecule has 0 aliphatic carbocycles. The van der Waals surface area contributed by atoms with Crippen LogP contribution in [0, 0.1) is 13.8 Å². The summed E-state index contributed by atoms with van der Waals surface area (Å²) in [4.78, 5) is 37.2. The second kappa shape index (κ2) is 6.55. The number of urea groups is 1. The Morgan fingerprint density at radius 3 is 2.65 bits per heavy atom. The third kappa shape index (κ3) is 3.01. The minimum Gasteiger partial charge on any atom is -0.463 e. The number of rotatable bonds is 4. The third-order valence-electron chi connectivity index (χ3n) is 4.44. The van der Waals surface area contributed by atoms with Crippen molar-refractivity contribution in [3.05, 3.63) is 52.4 Å². The SMILES string of the molecule is COC(=O)c1ccc(CN2C(=O)N/C(=C\c3cc(C)n(C)c3C)C2=O)o1. The van der Waals surface area contributed by atoms with Crippen molar-refractivity contribution in [2.45, 2.75) is 20.4 Å². The third-order valence-corrected chi connectivity index (χ3v) is 4.44. The van der Waals surface area contributed by atoms with Gasteiger partial charge in [-0.15, -0.1) is 0 Å².